The van der Waals surface area contributed by atoms with Crippen molar-refractivity contribution in [3.8, 4) is 0 Å². The number of alkyl halides is 1. The molecular formula is C14H25FN2O2S. The second kappa shape index (κ2) is 5.21. The summed E-state index contributed by atoms with van der Waals surface area (Å²) in [5.74, 6) is 0.181. The van der Waals surface area contributed by atoms with Crippen molar-refractivity contribution in [3.05, 3.63) is 0 Å². The molecule has 3 fully saturated rings. The number of rotatable bonds is 3. The van der Waals surface area contributed by atoms with E-state index in [4.69, 9.17) is 0 Å². The molecule has 2 bridgehead atoms. The Labute approximate surface area is 121 Å². The van der Waals surface area contributed by atoms with Crippen molar-refractivity contribution in [1.29, 1.82) is 0 Å². The van der Waals surface area contributed by atoms with Crippen LogP contribution >= 0.6 is 0 Å². The Hall–Kier alpha value is -0.200. The lowest BCUT2D eigenvalue weighted by molar-refractivity contribution is 0.0499. The summed E-state index contributed by atoms with van der Waals surface area (Å²) < 4.78 is 39.9. The fraction of sp³-hybridized carbons (Fsp3) is 1.00. The minimum atomic E-state index is -3.13. The van der Waals surface area contributed by atoms with Crippen molar-refractivity contribution in [3.63, 3.8) is 0 Å². The quantitative estimate of drug-likeness (QED) is 0.863. The Morgan fingerprint density at radius 3 is 2.50 bits per heavy atom. The highest BCUT2D eigenvalue weighted by atomic mass is 32.2. The van der Waals surface area contributed by atoms with Gasteiger partial charge in [0.15, 0.2) is 0 Å². The number of halogens is 1. The molecule has 3 rings (SSSR count). The largest absolute Gasteiger partial charge is 0.311 e. The lowest BCUT2D eigenvalue weighted by Gasteiger charge is -2.39. The number of hydrogen-bond acceptors (Lipinski definition) is 3. The number of sulfonamides is 1. The highest BCUT2D eigenvalue weighted by molar-refractivity contribution is 7.88. The van der Waals surface area contributed by atoms with Crippen molar-refractivity contribution in [2.75, 3.05) is 19.3 Å². The molecule has 3 saturated heterocycles. The molecule has 0 aliphatic carbocycles. The van der Waals surface area contributed by atoms with Crippen LogP contribution in [-0.4, -0.2) is 49.8 Å². The average molecular weight is 304 g/mol. The van der Waals surface area contributed by atoms with Gasteiger partial charge in [-0.2, -0.15) is 0 Å². The predicted octanol–water partition coefficient (Wildman–Crippen LogP) is 1.67. The molecule has 0 aromatic heterocycles. The summed E-state index contributed by atoms with van der Waals surface area (Å²) in [4.78, 5) is 0. The first-order chi connectivity index (χ1) is 9.34. The Bertz CT molecular complexity index is 456. The minimum absolute atomic E-state index is 0.181. The molecule has 0 aromatic carbocycles. The fourth-order valence-corrected chi connectivity index (χ4v) is 5.31. The zero-order valence-electron chi connectivity index (χ0n) is 12.1. The number of nitrogens with zero attached hydrogens (tertiary/aromatic N) is 1. The SMILES string of the molecule is CS(=O)(=O)N1CCCC(CC2(F)CC3CCC(C2)N3)C1. The monoisotopic (exact) mass is 304 g/mol. The van der Waals surface area contributed by atoms with Crippen LogP contribution in [0.2, 0.25) is 0 Å². The fourth-order valence-electron chi connectivity index (χ4n) is 4.37. The van der Waals surface area contributed by atoms with Crippen LogP contribution in [0.25, 0.3) is 0 Å². The maximum Gasteiger partial charge on any atom is 0.211 e. The molecule has 3 atom stereocenters. The number of hydrogen-bond donors (Lipinski definition) is 1. The van der Waals surface area contributed by atoms with E-state index in [-0.39, 0.29) is 5.92 Å². The van der Waals surface area contributed by atoms with Crippen LogP contribution in [0.4, 0.5) is 4.39 Å². The topological polar surface area (TPSA) is 49.4 Å². The maximum absolute atomic E-state index is 15.1. The van der Waals surface area contributed by atoms with Gasteiger partial charge in [-0.15, -0.1) is 0 Å². The highest BCUT2D eigenvalue weighted by Crippen LogP contribution is 2.42. The van der Waals surface area contributed by atoms with Gasteiger partial charge in [-0.05, 0) is 50.9 Å². The van der Waals surface area contributed by atoms with Gasteiger partial charge < -0.3 is 5.32 Å². The molecule has 0 saturated carbocycles. The van der Waals surface area contributed by atoms with E-state index in [1.807, 2.05) is 0 Å². The third-order valence-electron chi connectivity index (χ3n) is 5.16. The van der Waals surface area contributed by atoms with E-state index in [1.54, 1.807) is 0 Å². The molecule has 3 aliphatic rings. The smallest absolute Gasteiger partial charge is 0.211 e. The molecule has 0 aromatic rings. The third kappa shape index (κ3) is 3.17. The van der Waals surface area contributed by atoms with E-state index in [0.29, 0.717) is 44.4 Å². The summed E-state index contributed by atoms with van der Waals surface area (Å²) in [6, 6.07) is 0.682. The van der Waals surface area contributed by atoms with Gasteiger partial charge in [0.2, 0.25) is 10.0 Å². The van der Waals surface area contributed by atoms with Gasteiger partial charge in [-0.3, -0.25) is 0 Å². The van der Waals surface area contributed by atoms with Gasteiger partial charge in [0.25, 0.3) is 0 Å². The van der Waals surface area contributed by atoms with Gasteiger partial charge in [0.1, 0.15) is 5.67 Å². The van der Waals surface area contributed by atoms with Crippen molar-refractivity contribution in [2.45, 2.75) is 62.7 Å². The van der Waals surface area contributed by atoms with Crippen LogP contribution in [0.3, 0.4) is 0 Å². The normalized spacial score (nSPS) is 42.8. The molecular weight excluding hydrogens is 279 g/mol. The molecule has 3 unspecified atom stereocenters. The second-order valence-electron chi connectivity index (χ2n) is 7.03. The molecule has 20 heavy (non-hydrogen) atoms. The first kappa shape index (κ1) is 14.7. The molecule has 1 N–H and O–H groups in total. The minimum Gasteiger partial charge on any atom is -0.311 e. The zero-order chi connectivity index (χ0) is 14.4. The summed E-state index contributed by atoms with van der Waals surface area (Å²) >= 11 is 0. The molecule has 3 heterocycles. The standard InChI is InChI=1S/C14H25FN2O2S/c1-20(18,19)17-6-2-3-11(10-17)7-14(15)8-12-4-5-13(9-14)16-12/h11-13,16H,2-10H2,1H3. The Morgan fingerprint density at radius 1 is 1.25 bits per heavy atom. The lowest BCUT2D eigenvalue weighted by Crippen LogP contribution is -2.48. The van der Waals surface area contributed by atoms with Crippen LogP contribution in [-0.2, 0) is 10.0 Å². The first-order valence-corrected chi connectivity index (χ1v) is 9.59. The van der Waals surface area contributed by atoms with Gasteiger partial charge in [0.05, 0.1) is 6.26 Å². The van der Waals surface area contributed by atoms with Gasteiger partial charge in [0, 0.05) is 25.2 Å². The van der Waals surface area contributed by atoms with Gasteiger partial charge in [-0.1, -0.05) is 0 Å². The van der Waals surface area contributed by atoms with E-state index in [2.05, 4.69) is 5.32 Å². The molecule has 6 heteroatoms. The molecule has 116 valence electrons. The maximum atomic E-state index is 15.1. The Kier molecular flexibility index (Phi) is 3.84. The van der Waals surface area contributed by atoms with Crippen molar-refractivity contribution in [1.82, 2.24) is 9.62 Å². The lowest BCUT2D eigenvalue weighted by atomic mass is 9.79. The molecule has 3 aliphatic heterocycles. The Balaban J connectivity index is 1.62. The van der Waals surface area contributed by atoms with Gasteiger partial charge >= 0.3 is 0 Å². The average Bonchev–Trinajstić information content (AvgIpc) is 2.68. The first-order valence-electron chi connectivity index (χ1n) is 7.74. The second-order valence-corrected chi connectivity index (χ2v) is 9.01. The van der Waals surface area contributed by atoms with Crippen molar-refractivity contribution in [2.24, 2.45) is 5.92 Å². The molecule has 0 radical (unpaired) electrons. The Morgan fingerprint density at radius 2 is 1.90 bits per heavy atom. The number of nitrogens with one attached hydrogen (secondary N) is 1. The van der Waals surface area contributed by atoms with Crippen molar-refractivity contribution >= 4 is 10.0 Å². The predicted molar refractivity (Wildman–Crippen MR) is 76.8 cm³/mol. The third-order valence-corrected chi connectivity index (χ3v) is 6.43. The van der Waals surface area contributed by atoms with E-state index >= 15 is 4.39 Å². The van der Waals surface area contributed by atoms with E-state index in [1.165, 1.54) is 10.6 Å². The number of fused-ring (bicyclic) bond motifs is 2. The van der Waals surface area contributed by atoms with E-state index < -0.39 is 15.7 Å². The summed E-state index contributed by atoms with van der Waals surface area (Å²) in [6.07, 6.45) is 7.02. The summed E-state index contributed by atoms with van der Waals surface area (Å²) in [5, 5.41) is 3.47. The highest BCUT2D eigenvalue weighted by Gasteiger charge is 2.45. The van der Waals surface area contributed by atoms with Crippen LogP contribution < -0.4 is 5.32 Å². The number of piperidine rings is 2. The molecule has 4 nitrogen and oxygen atoms in total. The van der Waals surface area contributed by atoms with Crippen LogP contribution in [0.1, 0.15) is 44.9 Å². The van der Waals surface area contributed by atoms with Crippen LogP contribution in [0.15, 0.2) is 0 Å². The molecule has 0 amide bonds. The van der Waals surface area contributed by atoms with Gasteiger partial charge in [-0.25, -0.2) is 17.1 Å². The molecule has 0 spiro atoms. The van der Waals surface area contributed by atoms with Crippen LogP contribution in [0.5, 0.6) is 0 Å². The van der Waals surface area contributed by atoms with E-state index in [9.17, 15) is 8.42 Å². The van der Waals surface area contributed by atoms with E-state index in [0.717, 1.165) is 25.7 Å². The van der Waals surface area contributed by atoms with Crippen LogP contribution in [0, 0.1) is 5.92 Å². The summed E-state index contributed by atoms with van der Waals surface area (Å²) in [7, 11) is -3.13. The zero-order valence-corrected chi connectivity index (χ0v) is 13.0. The summed E-state index contributed by atoms with van der Waals surface area (Å²) in [6.45, 7) is 1.11. The van der Waals surface area contributed by atoms with Crippen molar-refractivity contribution < 1.29 is 12.8 Å². The summed E-state index contributed by atoms with van der Waals surface area (Å²) in [5.41, 5.74) is -1.08.